The van der Waals surface area contributed by atoms with Gasteiger partial charge in [-0.25, -0.2) is 0 Å². The monoisotopic (exact) mass is 206 g/mol. The minimum absolute atomic E-state index is 0.189. The lowest BCUT2D eigenvalue weighted by Crippen LogP contribution is -2.49. The zero-order valence-electron chi connectivity index (χ0n) is 8.39. The van der Waals surface area contributed by atoms with Crippen LogP contribution < -0.4 is 5.73 Å². The molecule has 80 valence electrons. The summed E-state index contributed by atoms with van der Waals surface area (Å²) in [7, 11) is 0. The zero-order valence-corrected chi connectivity index (χ0v) is 8.39. The summed E-state index contributed by atoms with van der Waals surface area (Å²) in [5, 5.41) is 8.71. The van der Waals surface area contributed by atoms with Crippen molar-refractivity contribution in [2.45, 2.75) is 6.54 Å². The number of carboxylic acid groups (broad SMARTS) is 1. The largest absolute Gasteiger partial charge is 0.481 e. The topological polar surface area (TPSA) is 66.6 Å². The highest BCUT2D eigenvalue weighted by Gasteiger charge is 2.31. The van der Waals surface area contributed by atoms with Crippen LogP contribution in [0.1, 0.15) is 5.56 Å². The van der Waals surface area contributed by atoms with Gasteiger partial charge in [-0.05, 0) is 17.7 Å². The molecule has 0 aromatic heterocycles. The van der Waals surface area contributed by atoms with Crippen molar-refractivity contribution < 1.29 is 9.90 Å². The third kappa shape index (κ3) is 2.27. The fourth-order valence-corrected chi connectivity index (χ4v) is 1.80. The smallest absolute Gasteiger partial charge is 0.309 e. The van der Waals surface area contributed by atoms with Gasteiger partial charge in [0.1, 0.15) is 0 Å². The van der Waals surface area contributed by atoms with Crippen molar-refractivity contribution in [1.29, 1.82) is 0 Å². The Morgan fingerprint density at radius 3 is 2.87 bits per heavy atom. The van der Waals surface area contributed by atoms with Crippen LogP contribution in [-0.4, -0.2) is 29.1 Å². The second kappa shape index (κ2) is 3.90. The fraction of sp³-hybridized carbons (Fsp3) is 0.364. The number of carbonyl (C=O) groups is 1. The van der Waals surface area contributed by atoms with Gasteiger partial charge < -0.3 is 10.8 Å². The normalized spacial score (nSPS) is 17.3. The fourth-order valence-electron chi connectivity index (χ4n) is 1.80. The molecule has 0 spiro atoms. The van der Waals surface area contributed by atoms with E-state index in [1.54, 1.807) is 0 Å². The van der Waals surface area contributed by atoms with Crippen molar-refractivity contribution in [2.24, 2.45) is 5.92 Å². The predicted octanol–water partition coefficient (Wildman–Crippen LogP) is 0.785. The lowest BCUT2D eigenvalue weighted by Gasteiger charge is -2.36. The van der Waals surface area contributed by atoms with E-state index in [4.69, 9.17) is 10.8 Å². The molecule has 0 atom stereocenters. The van der Waals surface area contributed by atoms with E-state index in [2.05, 4.69) is 4.90 Å². The molecule has 15 heavy (non-hydrogen) atoms. The maximum Gasteiger partial charge on any atom is 0.309 e. The molecule has 1 saturated heterocycles. The number of benzene rings is 1. The van der Waals surface area contributed by atoms with Gasteiger partial charge in [0, 0.05) is 25.3 Å². The van der Waals surface area contributed by atoms with E-state index in [1.807, 2.05) is 24.3 Å². The molecular formula is C11H14N2O2. The molecule has 1 aliphatic heterocycles. The van der Waals surface area contributed by atoms with Gasteiger partial charge in [-0.2, -0.15) is 0 Å². The molecule has 4 heteroatoms. The first-order valence-corrected chi connectivity index (χ1v) is 4.95. The van der Waals surface area contributed by atoms with Gasteiger partial charge in [0.05, 0.1) is 5.92 Å². The molecular weight excluding hydrogens is 192 g/mol. The Hall–Kier alpha value is -1.55. The first kappa shape index (κ1) is 9.98. The second-order valence-electron chi connectivity index (χ2n) is 3.97. The Morgan fingerprint density at radius 2 is 2.27 bits per heavy atom. The lowest BCUT2D eigenvalue weighted by molar-refractivity contribution is -0.147. The van der Waals surface area contributed by atoms with Crippen LogP contribution in [0.25, 0.3) is 0 Å². The van der Waals surface area contributed by atoms with Gasteiger partial charge in [-0.15, -0.1) is 0 Å². The Morgan fingerprint density at radius 1 is 1.53 bits per heavy atom. The van der Waals surface area contributed by atoms with Gasteiger partial charge >= 0.3 is 5.97 Å². The summed E-state index contributed by atoms with van der Waals surface area (Å²) in [5.41, 5.74) is 7.55. The molecule has 0 radical (unpaired) electrons. The molecule has 0 bridgehead atoms. The van der Waals surface area contributed by atoms with Gasteiger partial charge in [0.2, 0.25) is 0 Å². The van der Waals surface area contributed by atoms with Crippen LogP contribution in [0.15, 0.2) is 24.3 Å². The summed E-state index contributed by atoms with van der Waals surface area (Å²) in [6.45, 7) is 2.07. The molecule has 3 N–H and O–H groups in total. The Balaban J connectivity index is 1.87. The van der Waals surface area contributed by atoms with E-state index in [9.17, 15) is 4.79 Å². The van der Waals surface area contributed by atoms with E-state index >= 15 is 0 Å². The summed E-state index contributed by atoms with van der Waals surface area (Å²) in [6.07, 6.45) is 0. The Kier molecular flexibility index (Phi) is 2.60. The third-order valence-corrected chi connectivity index (χ3v) is 2.66. The van der Waals surface area contributed by atoms with Crippen molar-refractivity contribution >= 4 is 11.7 Å². The maximum absolute atomic E-state index is 10.6. The van der Waals surface area contributed by atoms with E-state index < -0.39 is 5.97 Å². The lowest BCUT2D eigenvalue weighted by atomic mass is 9.99. The summed E-state index contributed by atoms with van der Waals surface area (Å²) in [5.74, 6) is -0.884. The predicted molar refractivity (Wildman–Crippen MR) is 57.3 cm³/mol. The van der Waals surface area contributed by atoms with Crippen molar-refractivity contribution in [2.75, 3.05) is 18.8 Å². The Labute approximate surface area is 88.3 Å². The summed E-state index contributed by atoms with van der Waals surface area (Å²) in [4.78, 5) is 12.7. The number of anilines is 1. The Bertz CT molecular complexity index is 373. The van der Waals surface area contributed by atoms with Gasteiger partial charge in [-0.1, -0.05) is 12.1 Å². The first-order valence-electron chi connectivity index (χ1n) is 4.95. The highest BCUT2D eigenvalue weighted by atomic mass is 16.4. The molecule has 1 aliphatic rings. The van der Waals surface area contributed by atoms with Crippen LogP contribution in [0.4, 0.5) is 5.69 Å². The molecule has 2 rings (SSSR count). The van der Waals surface area contributed by atoms with Crippen molar-refractivity contribution in [3.05, 3.63) is 29.8 Å². The standard InChI is InChI=1S/C11H14N2O2/c12-10-3-1-2-8(4-10)5-13-6-9(7-13)11(14)15/h1-4,9H,5-7,12H2,(H,14,15). The van der Waals surface area contributed by atoms with Crippen LogP contribution in [0.2, 0.25) is 0 Å². The number of nitrogens with zero attached hydrogens (tertiary/aromatic N) is 1. The van der Waals surface area contributed by atoms with E-state index in [-0.39, 0.29) is 5.92 Å². The molecule has 1 heterocycles. The van der Waals surface area contributed by atoms with Crippen molar-refractivity contribution in [3.63, 3.8) is 0 Å². The average molecular weight is 206 g/mol. The van der Waals surface area contributed by atoms with Gasteiger partial charge in [0.25, 0.3) is 0 Å². The highest BCUT2D eigenvalue weighted by Crippen LogP contribution is 2.19. The number of nitrogens with two attached hydrogens (primary N) is 1. The molecule has 4 nitrogen and oxygen atoms in total. The van der Waals surface area contributed by atoms with E-state index in [1.165, 1.54) is 0 Å². The number of rotatable bonds is 3. The first-order chi connectivity index (χ1) is 7.15. The summed E-state index contributed by atoms with van der Waals surface area (Å²) in [6, 6.07) is 7.69. The maximum atomic E-state index is 10.6. The van der Waals surface area contributed by atoms with Crippen molar-refractivity contribution in [1.82, 2.24) is 4.90 Å². The SMILES string of the molecule is Nc1cccc(CN2CC(C(=O)O)C2)c1. The second-order valence-corrected chi connectivity index (χ2v) is 3.97. The summed E-state index contributed by atoms with van der Waals surface area (Å²) >= 11 is 0. The minimum Gasteiger partial charge on any atom is -0.481 e. The van der Waals surface area contributed by atoms with E-state index in [0.29, 0.717) is 13.1 Å². The molecule has 0 unspecified atom stereocenters. The quantitative estimate of drug-likeness (QED) is 0.717. The molecule has 0 amide bonds. The number of aliphatic carboxylic acids is 1. The number of hydrogen-bond donors (Lipinski definition) is 2. The van der Waals surface area contributed by atoms with Crippen LogP contribution in [0.5, 0.6) is 0 Å². The zero-order chi connectivity index (χ0) is 10.8. The number of nitrogen functional groups attached to an aromatic ring is 1. The molecule has 0 aliphatic carbocycles. The van der Waals surface area contributed by atoms with E-state index in [0.717, 1.165) is 17.8 Å². The van der Waals surface area contributed by atoms with Gasteiger partial charge in [0.15, 0.2) is 0 Å². The van der Waals surface area contributed by atoms with Crippen molar-refractivity contribution in [3.8, 4) is 0 Å². The molecule has 1 aromatic carbocycles. The van der Waals surface area contributed by atoms with Crippen LogP contribution in [-0.2, 0) is 11.3 Å². The average Bonchev–Trinajstić information content (AvgIpc) is 2.10. The summed E-state index contributed by atoms with van der Waals surface area (Å²) < 4.78 is 0. The third-order valence-electron chi connectivity index (χ3n) is 2.66. The van der Waals surface area contributed by atoms with Crippen LogP contribution >= 0.6 is 0 Å². The number of hydrogen-bond acceptors (Lipinski definition) is 3. The minimum atomic E-state index is -0.696. The molecule has 1 aromatic rings. The van der Waals surface area contributed by atoms with Gasteiger partial charge in [-0.3, -0.25) is 9.69 Å². The van der Waals surface area contributed by atoms with Crippen LogP contribution in [0, 0.1) is 5.92 Å². The number of carboxylic acids is 1. The molecule has 0 saturated carbocycles. The number of likely N-dealkylation sites (tertiary alicyclic amines) is 1. The molecule has 1 fully saturated rings. The van der Waals surface area contributed by atoms with Crippen LogP contribution in [0.3, 0.4) is 0 Å². The highest BCUT2D eigenvalue weighted by molar-refractivity contribution is 5.71.